The van der Waals surface area contributed by atoms with Gasteiger partial charge in [0.2, 0.25) is 5.91 Å². The van der Waals surface area contributed by atoms with Crippen LogP contribution in [0.5, 0.6) is 0 Å². The maximum absolute atomic E-state index is 13.0. The van der Waals surface area contributed by atoms with E-state index in [1.165, 1.54) is 6.92 Å². The van der Waals surface area contributed by atoms with Gasteiger partial charge in [-0.15, -0.1) is 0 Å². The SMILES string of the molecule is CC(=O)NC[C@H]1CN(c2ccc(-c3ccc(C(=O)C(C)CN4CCN(C)CC4)cc3)cc2)C(=O)O1. The fourth-order valence-electron chi connectivity index (χ4n) is 4.54. The summed E-state index contributed by atoms with van der Waals surface area (Å²) in [7, 11) is 2.13. The predicted octanol–water partition coefficient (Wildman–Crippen LogP) is 2.88. The number of cyclic esters (lactones) is 1. The maximum Gasteiger partial charge on any atom is 0.414 e. The van der Waals surface area contributed by atoms with Crippen LogP contribution in [-0.2, 0) is 9.53 Å². The largest absolute Gasteiger partial charge is 0.442 e. The van der Waals surface area contributed by atoms with E-state index in [-0.39, 0.29) is 23.7 Å². The Labute approximate surface area is 206 Å². The van der Waals surface area contributed by atoms with Gasteiger partial charge in [0.15, 0.2) is 5.78 Å². The molecule has 2 atom stereocenters. The van der Waals surface area contributed by atoms with Crippen LogP contribution in [0.4, 0.5) is 10.5 Å². The van der Waals surface area contributed by atoms with Crippen molar-refractivity contribution in [2.75, 3.05) is 57.8 Å². The van der Waals surface area contributed by atoms with Gasteiger partial charge in [-0.05, 0) is 30.3 Å². The van der Waals surface area contributed by atoms with Crippen LogP contribution in [0.15, 0.2) is 48.5 Å². The van der Waals surface area contributed by atoms with E-state index in [0.29, 0.717) is 13.1 Å². The zero-order valence-electron chi connectivity index (χ0n) is 20.7. The first kappa shape index (κ1) is 24.9. The molecule has 1 N–H and O–H groups in total. The van der Waals surface area contributed by atoms with Gasteiger partial charge in [0, 0.05) is 56.8 Å². The Bertz CT molecular complexity index is 1050. The Kier molecular flexibility index (Phi) is 7.83. The summed E-state index contributed by atoms with van der Waals surface area (Å²) >= 11 is 0. The van der Waals surface area contributed by atoms with Gasteiger partial charge < -0.3 is 19.9 Å². The van der Waals surface area contributed by atoms with E-state index in [9.17, 15) is 14.4 Å². The molecule has 8 heteroatoms. The second-order valence-corrected chi connectivity index (χ2v) is 9.55. The maximum atomic E-state index is 13.0. The number of anilines is 1. The normalized spacial score (nSPS) is 19.9. The Morgan fingerprint density at radius 3 is 2.20 bits per heavy atom. The first-order valence-electron chi connectivity index (χ1n) is 12.2. The average Bonchev–Trinajstić information content (AvgIpc) is 3.24. The molecular formula is C27H34N4O4. The molecule has 186 valence electrons. The molecule has 0 aliphatic carbocycles. The van der Waals surface area contributed by atoms with Crippen molar-refractivity contribution in [3.8, 4) is 11.1 Å². The summed E-state index contributed by atoms with van der Waals surface area (Å²) in [6, 6.07) is 15.4. The monoisotopic (exact) mass is 478 g/mol. The molecule has 2 aromatic rings. The lowest BCUT2D eigenvalue weighted by atomic mass is 9.96. The number of nitrogens with zero attached hydrogens (tertiary/aromatic N) is 3. The van der Waals surface area contributed by atoms with Crippen molar-refractivity contribution in [1.29, 1.82) is 0 Å². The molecule has 2 heterocycles. The number of hydrogen-bond donors (Lipinski definition) is 1. The summed E-state index contributed by atoms with van der Waals surface area (Å²) in [6.07, 6.45) is -0.781. The molecule has 2 aliphatic heterocycles. The lowest BCUT2D eigenvalue weighted by Crippen LogP contribution is -2.46. The molecule has 2 aliphatic rings. The third kappa shape index (κ3) is 6.26. The molecule has 1 unspecified atom stereocenters. The van der Waals surface area contributed by atoms with Gasteiger partial charge in [0.25, 0.3) is 0 Å². The van der Waals surface area contributed by atoms with Crippen LogP contribution in [0.25, 0.3) is 11.1 Å². The van der Waals surface area contributed by atoms with Crippen LogP contribution in [0.2, 0.25) is 0 Å². The lowest BCUT2D eigenvalue weighted by Gasteiger charge is -2.33. The summed E-state index contributed by atoms with van der Waals surface area (Å²) < 4.78 is 5.34. The van der Waals surface area contributed by atoms with Gasteiger partial charge in [-0.3, -0.25) is 14.5 Å². The van der Waals surface area contributed by atoms with Gasteiger partial charge in [-0.25, -0.2) is 4.79 Å². The molecule has 0 spiro atoms. The minimum absolute atomic E-state index is 0.0433. The Hall–Kier alpha value is -3.23. The quantitative estimate of drug-likeness (QED) is 0.588. The number of ether oxygens (including phenoxy) is 1. The summed E-state index contributed by atoms with van der Waals surface area (Å²) in [5, 5.41) is 2.68. The molecular weight excluding hydrogens is 444 g/mol. The first-order chi connectivity index (χ1) is 16.8. The molecule has 2 fully saturated rings. The molecule has 0 radical (unpaired) electrons. The topological polar surface area (TPSA) is 82.2 Å². The molecule has 2 aromatic carbocycles. The number of hydrogen-bond acceptors (Lipinski definition) is 6. The Balaban J connectivity index is 1.35. The summed E-state index contributed by atoms with van der Waals surface area (Å²) in [6.45, 7) is 9.04. The molecule has 0 aromatic heterocycles. The number of nitrogens with one attached hydrogen (secondary N) is 1. The van der Waals surface area contributed by atoms with Gasteiger partial charge in [0.05, 0.1) is 13.1 Å². The number of Topliss-reactive ketones (excluding diaryl/α,β-unsaturated/α-hetero) is 1. The lowest BCUT2D eigenvalue weighted by molar-refractivity contribution is -0.119. The summed E-state index contributed by atoms with van der Waals surface area (Å²) in [5.41, 5.74) is 3.48. The Morgan fingerprint density at radius 1 is 1.00 bits per heavy atom. The average molecular weight is 479 g/mol. The van der Waals surface area contributed by atoms with Gasteiger partial charge >= 0.3 is 6.09 Å². The third-order valence-electron chi connectivity index (χ3n) is 6.71. The van der Waals surface area contributed by atoms with Crippen LogP contribution >= 0.6 is 0 Å². The highest BCUT2D eigenvalue weighted by atomic mass is 16.6. The van der Waals surface area contributed by atoms with E-state index in [2.05, 4.69) is 22.2 Å². The van der Waals surface area contributed by atoms with Gasteiger partial charge in [0.1, 0.15) is 6.10 Å². The van der Waals surface area contributed by atoms with Crippen molar-refractivity contribution in [2.45, 2.75) is 20.0 Å². The van der Waals surface area contributed by atoms with E-state index in [1.54, 1.807) is 4.90 Å². The van der Waals surface area contributed by atoms with Crippen LogP contribution in [0.1, 0.15) is 24.2 Å². The number of carbonyl (C=O) groups is 3. The second kappa shape index (κ2) is 11.0. The van der Waals surface area contributed by atoms with Crippen LogP contribution in [-0.4, -0.2) is 86.5 Å². The van der Waals surface area contributed by atoms with Gasteiger partial charge in [-0.2, -0.15) is 0 Å². The van der Waals surface area contributed by atoms with Crippen molar-refractivity contribution in [1.82, 2.24) is 15.1 Å². The number of benzene rings is 2. The molecule has 8 nitrogen and oxygen atoms in total. The van der Waals surface area contributed by atoms with Crippen LogP contribution < -0.4 is 10.2 Å². The molecule has 4 rings (SSSR count). The highest BCUT2D eigenvalue weighted by molar-refractivity contribution is 5.98. The van der Waals surface area contributed by atoms with Crippen LogP contribution in [0, 0.1) is 5.92 Å². The molecule has 0 bridgehead atoms. The van der Waals surface area contributed by atoms with Crippen LogP contribution in [0.3, 0.4) is 0 Å². The standard InChI is InChI=1S/C27H34N4O4/c1-19(17-30-14-12-29(3)13-15-30)26(33)23-6-4-21(5-7-23)22-8-10-24(11-9-22)31-18-25(35-27(31)34)16-28-20(2)32/h4-11,19,25H,12-18H2,1-3H3,(H,28,32)/t19?,25-/m0/s1. The highest BCUT2D eigenvalue weighted by Gasteiger charge is 2.32. The number of ketones is 1. The zero-order valence-corrected chi connectivity index (χ0v) is 20.7. The van der Waals surface area contributed by atoms with E-state index in [4.69, 9.17) is 4.74 Å². The number of amides is 2. The number of carbonyl (C=O) groups excluding carboxylic acids is 3. The van der Waals surface area contributed by atoms with E-state index in [0.717, 1.165) is 55.1 Å². The van der Waals surface area contributed by atoms with Crippen molar-refractivity contribution < 1.29 is 19.1 Å². The number of piperazine rings is 1. The van der Waals surface area contributed by atoms with Crippen molar-refractivity contribution >= 4 is 23.5 Å². The zero-order chi connectivity index (χ0) is 24.9. The first-order valence-corrected chi connectivity index (χ1v) is 12.2. The highest BCUT2D eigenvalue weighted by Crippen LogP contribution is 2.27. The minimum atomic E-state index is -0.415. The fourth-order valence-corrected chi connectivity index (χ4v) is 4.54. The molecule has 35 heavy (non-hydrogen) atoms. The van der Waals surface area contributed by atoms with E-state index < -0.39 is 6.09 Å². The minimum Gasteiger partial charge on any atom is -0.442 e. The summed E-state index contributed by atoms with van der Waals surface area (Å²) in [5.74, 6) is -0.0218. The van der Waals surface area contributed by atoms with Crippen molar-refractivity contribution in [2.24, 2.45) is 5.92 Å². The molecule has 0 saturated carbocycles. The second-order valence-electron chi connectivity index (χ2n) is 9.55. The summed E-state index contributed by atoms with van der Waals surface area (Å²) in [4.78, 5) is 42.5. The Morgan fingerprint density at radius 2 is 1.60 bits per heavy atom. The van der Waals surface area contributed by atoms with Crippen molar-refractivity contribution in [3.63, 3.8) is 0 Å². The van der Waals surface area contributed by atoms with Gasteiger partial charge in [-0.1, -0.05) is 43.3 Å². The van der Waals surface area contributed by atoms with E-state index in [1.807, 2.05) is 55.5 Å². The fraction of sp³-hybridized carbons (Fsp3) is 0.444. The predicted molar refractivity (Wildman–Crippen MR) is 136 cm³/mol. The molecule has 2 saturated heterocycles. The number of likely N-dealkylation sites (N-methyl/N-ethyl adjacent to an activating group) is 1. The third-order valence-corrected chi connectivity index (χ3v) is 6.71. The molecule has 2 amide bonds. The van der Waals surface area contributed by atoms with E-state index >= 15 is 0 Å². The van der Waals surface area contributed by atoms with Crippen molar-refractivity contribution in [3.05, 3.63) is 54.1 Å². The number of rotatable bonds is 8. The smallest absolute Gasteiger partial charge is 0.414 e.